The first-order chi connectivity index (χ1) is 14.1. The average Bonchev–Trinajstić information content (AvgIpc) is 3.19. The highest BCUT2D eigenvalue weighted by Crippen LogP contribution is 2.56. The minimum Gasteiger partial charge on any atom is -0.446 e. The molecule has 5 heteroatoms. The van der Waals surface area contributed by atoms with E-state index in [-0.39, 0.29) is 12.2 Å². The molecule has 1 N–H and O–H groups in total. The molecule has 0 aliphatic heterocycles. The first kappa shape index (κ1) is 21.2. The zero-order valence-corrected chi connectivity index (χ0v) is 18.4. The van der Waals surface area contributed by atoms with Crippen LogP contribution >= 0.6 is 0 Å². The third-order valence-corrected chi connectivity index (χ3v) is 8.07. The molecule has 0 heterocycles. The topological polar surface area (TPSA) is 50.8 Å². The molecule has 0 bridgehead atoms. The number of hydrogen-bond acceptors (Lipinski definition) is 4. The monoisotopic (exact) mass is 404 g/mol. The van der Waals surface area contributed by atoms with Gasteiger partial charge in [0.15, 0.2) is 0 Å². The average molecular weight is 405 g/mol. The van der Waals surface area contributed by atoms with Crippen LogP contribution in [0, 0.1) is 29.6 Å². The van der Waals surface area contributed by atoms with Crippen LogP contribution in [-0.2, 0) is 9.47 Å². The Bertz CT molecular complexity index is 591. The fourth-order valence-electron chi connectivity index (χ4n) is 6.72. The molecular formula is C24H40N2O3. The number of hydrogen-bond donors (Lipinski definition) is 1. The van der Waals surface area contributed by atoms with Crippen molar-refractivity contribution in [2.24, 2.45) is 29.6 Å². The molecule has 5 nitrogen and oxygen atoms in total. The van der Waals surface area contributed by atoms with Gasteiger partial charge in [0.2, 0.25) is 0 Å². The molecule has 164 valence electrons. The molecule has 0 aromatic rings. The number of ether oxygens (including phenoxy) is 2. The van der Waals surface area contributed by atoms with Crippen LogP contribution in [0.5, 0.6) is 0 Å². The Morgan fingerprint density at radius 1 is 1.07 bits per heavy atom. The summed E-state index contributed by atoms with van der Waals surface area (Å²) in [5.74, 6) is 4.65. The van der Waals surface area contributed by atoms with Crippen molar-refractivity contribution in [2.75, 3.05) is 40.4 Å². The number of carbonyl (C=O) groups excluding carboxylic acids is 1. The van der Waals surface area contributed by atoms with Crippen molar-refractivity contribution in [3.8, 4) is 0 Å². The van der Waals surface area contributed by atoms with E-state index < -0.39 is 0 Å². The third kappa shape index (κ3) is 5.16. The summed E-state index contributed by atoms with van der Waals surface area (Å²) in [4.78, 5) is 14.2. The Labute approximate surface area is 176 Å². The Kier molecular flexibility index (Phi) is 7.17. The lowest BCUT2D eigenvalue weighted by molar-refractivity contribution is 0.0336. The number of nitrogens with zero attached hydrogens (tertiary/aromatic N) is 1. The van der Waals surface area contributed by atoms with Gasteiger partial charge in [-0.25, -0.2) is 4.79 Å². The van der Waals surface area contributed by atoms with E-state index in [1.54, 1.807) is 5.57 Å². The summed E-state index contributed by atoms with van der Waals surface area (Å²) in [6.45, 7) is 2.63. The molecular weight excluding hydrogens is 364 g/mol. The summed E-state index contributed by atoms with van der Waals surface area (Å²) >= 11 is 0. The van der Waals surface area contributed by atoms with Gasteiger partial charge in [-0.15, -0.1) is 0 Å². The van der Waals surface area contributed by atoms with Crippen molar-refractivity contribution in [1.82, 2.24) is 10.2 Å². The lowest BCUT2D eigenvalue weighted by Crippen LogP contribution is -2.42. The van der Waals surface area contributed by atoms with E-state index in [4.69, 9.17) is 9.47 Å². The largest absolute Gasteiger partial charge is 0.446 e. The Balaban J connectivity index is 1.20. The number of allylic oxidation sites excluding steroid dienone is 1. The summed E-state index contributed by atoms with van der Waals surface area (Å²) in [6.07, 6.45) is 14.1. The van der Waals surface area contributed by atoms with Crippen molar-refractivity contribution in [1.29, 1.82) is 0 Å². The zero-order valence-electron chi connectivity index (χ0n) is 18.4. The molecule has 0 aromatic carbocycles. The molecule has 6 atom stereocenters. The maximum absolute atomic E-state index is 12.1. The molecule has 0 radical (unpaired) electrons. The third-order valence-electron chi connectivity index (χ3n) is 8.07. The van der Waals surface area contributed by atoms with Gasteiger partial charge in [-0.2, -0.15) is 0 Å². The van der Waals surface area contributed by atoms with Crippen LogP contribution in [0.2, 0.25) is 0 Å². The van der Waals surface area contributed by atoms with E-state index in [1.807, 2.05) is 14.1 Å². The van der Waals surface area contributed by atoms with Crippen LogP contribution in [-0.4, -0.2) is 57.5 Å². The summed E-state index contributed by atoms with van der Waals surface area (Å²) in [6, 6.07) is 0. The molecule has 6 unspecified atom stereocenters. The van der Waals surface area contributed by atoms with E-state index in [1.165, 1.54) is 44.9 Å². The van der Waals surface area contributed by atoms with Gasteiger partial charge in [0.25, 0.3) is 0 Å². The summed E-state index contributed by atoms with van der Waals surface area (Å²) in [5.41, 5.74) is 1.60. The molecule has 29 heavy (non-hydrogen) atoms. The van der Waals surface area contributed by atoms with Crippen molar-refractivity contribution in [3.05, 3.63) is 11.6 Å². The van der Waals surface area contributed by atoms with Crippen molar-refractivity contribution in [3.63, 3.8) is 0 Å². The maximum Gasteiger partial charge on any atom is 0.407 e. The fourth-order valence-corrected chi connectivity index (χ4v) is 6.72. The molecule has 0 spiro atoms. The maximum atomic E-state index is 12.1. The smallest absolute Gasteiger partial charge is 0.407 e. The molecule has 3 fully saturated rings. The van der Waals surface area contributed by atoms with Crippen LogP contribution in [0.25, 0.3) is 0 Å². The van der Waals surface area contributed by atoms with Crippen molar-refractivity contribution < 1.29 is 14.3 Å². The molecule has 0 aromatic heterocycles. The highest BCUT2D eigenvalue weighted by molar-refractivity contribution is 5.67. The Hall–Kier alpha value is -1.07. The van der Waals surface area contributed by atoms with Crippen molar-refractivity contribution >= 4 is 6.09 Å². The first-order valence-corrected chi connectivity index (χ1v) is 12.0. The van der Waals surface area contributed by atoms with Crippen LogP contribution in [0.1, 0.15) is 57.8 Å². The number of alkyl carbamates (subject to hydrolysis) is 1. The molecule has 4 aliphatic rings. The van der Waals surface area contributed by atoms with E-state index in [9.17, 15) is 4.79 Å². The predicted octanol–water partition coefficient (Wildman–Crippen LogP) is 4.23. The van der Waals surface area contributed by atoms with Crippen LogP contribution < -0.4 is 5.32 Å². The quantitative estimate of drug-likeness (QED) is 0.510. The van der Waals surface area contributed by atoms with E-state index in [0.29, 0.717) is 19.8 Å². The second-order valence-corrected chi connectivity index (χ2v) is 10.0. The lowest BCUT2D eigenvalue weighted by Gasteiger charge is -2.49. The number of rotatable bonds is 7. The second kappa shape index (κ2) is 9.82. The van der Waals surface area contributed by atoms with Gasteiger partial charge in [0.05, 0.1) is 13.2 Å². The Morgan fingerprint density at radius 3 is 2.83 bits per heavy atom. The minimum absolute atomic E-state index is 0.0477. The number of likely N-dealkylation sites (N-methyl/N-ethyl adjacent to an activating group) is 1. The molecule has 0 saturated heterocycles. The summed E-state index contributed by atoms with van der Waals surface area (Å²) in [7, 11) is 4.05. The van der Waals surface area contributed by atoms with E-state index >= 15 is 0 Å². The summed E-state index contributed by atoms with van der Waals surface area (Å²) < 4.78 is 11.3. The van der Waals surface area contributed by atoms with Gasteiger partial charge in [-0.05, 0) is 82.2 Å². The minimum atomic E-state index is -0.287. The standard InChI is InChI=1S/C24H40N2O3/c1-26(2)13-15-28-14-12-25-24(27)29-19-8-11-21-18(16-19)7-10-22-20-5-3-4-17(20)6-9-23(21)22/h7,17,19-23H,3-6,8-16H2,1-2H3,(H,25,27). The highest BCUT2D eigenvalue weighted by Gasteiger charge is 2.47. The number of carbonyl (C=O) groups is 1. The predicted molar refractivity (Wildman–Crippen MR) is 115 cm³/mol. The Morgan fingerprint density at radius 2 is 1.97 bits per heavy atom. The van der Waals surface area contributed by atoms with Gasteiger partial charge in [-0.1, -0.05) is 24.5 Å². The number of amides is 1. The van der Waals surface area contributed by atoms with Gasteiger partial charge in [0, 0.05) is 19.5 Å². The molecule has 1 amide bonds. The van der Waals surface area contributed by atoms with E-state index in [2.05, 4.69) is 16.3 Å². The van der Waals surface area contributed by atoms with E-state index in [0.717, 1.165) is 49.0 Å². The fraction of sp³-hybridized carbons (Fsp3) is 0.875. The molecule has 4 rings (SSSR count). The SMILES string of the molecule is CN(C)CCOCCNC(=O)OC1CCC2C(=CCC3C4CCCC4CCC23)C1. The zero-order chi connectivity index (χ0) is 20.2. The van der Waals surface area contributed by atoms with Gasteiger partial charge >= 0.3 is 6.09 Å². The first-order valence-electron chi connectivity index (χ1n) is 12.0. The highest BCUT2D eigenvalue weighted by atomic mass is 16.6. The second-order valence-electron chi connectivity index (χ2n) is 10.0. The van der Waals surface area contributed by atoms with Crippen LogP contribution in [0.4, 0.5) is 4.79 Å². The lowest BCUT2D eigenvalue weighted by atomic mass is 9.57. The number of fused-ring (bicyclic) bond motifs is 5. The van der Waals surface area contributed by atoms with Crippen molar-refractivity contribution in [2.45, 2.75) is 63.9 Å². The van der Waals surface area contributed by atoms with Gasteiger partial charge in [-0.3, -0.25) is 0 Å². The molecule has 4 aliphatic carbocycles. The van der Waals surface area contributed by atoms with Crippen LogP contribution in [0.15, 0.2) is 11.6 Å². The molecule has 3 saturated carbocycles. The van der Waals surface area contributed by atoms with Crippen LogP contribution in [0.3, 0.4) is 0 Å². The van der Waals surface area contributed by atoms with Gasteiger partial charge < -0.3 is 19.7 Å². The van der Waals surface area contributed by atoms with Gasteiger partial charge in [0.1, 0.15) is 6.10 Å². The number of nitrogens with one attached hydrogen (secondary N) is 1. The normalized spacial score (nSPS) is 36.0. The summed E-state index contributed by atoms with van der Waals surface area (Å²) in [5, 5.41) is 2.84.